The number of fused-ring (bicyclic) bond motifs is 2. The molecule has 0 aliphatic carbocycles. The van der Waals surface area contributed by atoms with Crippen molar-refractivity contribution in [3.8, 4) is 0 Å². The van der Waals surface area contributed by atoms with Crippen molar-refractivity contribution in [1.82, 2.24) is 4.57 Å². The summed E-state index contributed by atoms with van der Waals surface area (Å²) in [6, 6.07) is 22.5. The number of ketones is 1. The molecule has 172 valence electrons. The van der Waals surface area contributed by atoms with Gasteiger partial charge >= 0.3 is 0 Å². The molecule has 35 heavy (non-hydrogen) atoms. The summed E-state index contributed by atoms with van der Waals surface area (Å²) in [7, 11) is 1.90. The zero-order valence-corrected chi connectivity index (χ0v) is 19.4. The van der Waals surface area contributed by atoms with Gasteiger partial charge in [0.2, 0.25) is 5.78 Å². The Morgan fingerprint density at radius 3 is 2.49 bits per heavy atom. The first-order chi connectivity index (χ1) is 16.9. The fraction of sp³-hybridized carbons (Fsp3) is 0.0714. The van der Waals surface area contributed by atoms with Gasteiger partial charge in [-0.2, -0.15) is 0 Å². The number of anilines is 1. The van der Waals surface area contributed by atoms with Gasteiger partial charge in [0.1, 0.15) is 5.58 Å². The van der Waals surface area contributed by atoms with Gasteiger partial charge in [0.25, 0.3) is 5.91 Å². The van der Waals surface area contributed by atoms with Crippen molar-refractivity contribution in [2.75, 3.05) is 4.90 Å². The molecule has 1 aliphatic rings. The molecule has 1 unspecified atom stereocenters. The number of nitrogens with zero attached hydrogens (tertiary/aromatic N) is 2. The smallest absolute Gasteiger partial charge is 0.294 e. The number of para-hydroxylation sites is 2. The molecule has 0 fully saturated rings. The van der Waals surface area contributed by atoms with Crippen LogP contribution < -0.4 is 4.90 Å². The topological polar surface area (TPSA) is 75.7 Å². The summed E-state index contributed by atoms with van der Waals surface area (Å²) >= 11 is 6.08. The van der Waals surface area contributed by atoms with Gasteiger partial charge in [-0.15, -0.1) is 0 Å². The third-order valence-electron chi connectivity index (χ3n) is 6.43. The lowest BCUT2D eigenvalue weighted by atomic mass is 9.94. The molecule has 0 saturated carbocycles. The van der Waals surface area contributed by atoms with Gasteiger partial charge in [-0.05, 0) is 42.5 Å². The number of aliphatic hydroxyl groups is 1. The average Bonchev–Trinajstić information content (AvgIpc) is 3.52. The van der Waals surface area contributed by atoms with E-state index in [0.717, 1.165) is 21.9 Å². The minimum Gasteiger partial charge on any atom is -0.503 e. The van der Waals surface area contributed by atoms with Crippen LogP contribution in [0.15, 0.2) is 101 Å². The standard InChI is InChI=1S/C28H19ClN2O4/c1-30-15-20(19-7-3-4-8-21(19)30)25-24(26(32)23-14-16-6-2-5-9-22(16)35-23)27(33)28(34)31(25)18-12-10-17(29)11-13-18/h2-15,25,33H,1H3. The van der Waals surface area contributed by atoms with E-state index in [1.807, 2.05) is 60.3 Å². The molecule has 1 aliphatic heterocycles. The molecule has 3 heterocycles. The molecule has 6 rings (SSSR count). The molecule has 1 N–H and O–H groups in total. The quantitative estimate of drug-likeness (QED) is 0.302. The number of aromatic nitrogens is 1. The van der Waals surface area contributed by atoms with E-state index in [1.54, 1.807) is 36.4 Å². The first-order valence-electron chi connectivity index (χ1n) is 11.0. The molecule has 5 aromatic rings. The summed E-state index contributed by atoms with van der Waals surface area (Å²) in [6.45, 7) is 0. The highest BCUT2D eigenvalue weighted by atomic mass is 35.5. The van der Waals surface area contributed by atoms with Gasteiger partial charge in [0.15, 0.2) is 11.5 Å². The van der Waals surface area contributed by atoms with E-state index in [4.69, 9.17) is 16.0 Å². The highest BCUT2D eigenvalue weighted by Crippen LogP contribution is 2.44. The minimum absolute atomic E-state index is 0.0274. The Bertz CT molecular complexity index is 1640. The average molecular weight is 483 g/mol. The van der Waals surface area contributed by atoms with Crippen molar-refractivity contribution in [3.05, 3.63) is 113 Å². The molecule has 2 aromatic heterocycles. The van der Waals surface area contributed by atoms with Gasteiger partial charge in [-0.25, -0.2) is 0 Å². The van der Waals surface area contributed by atoms with Crippen molar-refractivity contribution in [1.29, 1.82) is 0 Å². The molecule has 1 atom stereocenters. The number of hydrogen-bond donors (Lipinski definition) is 1. The van der Waals surface area contributed by atoms with Gasteiger partial charge in [0, 0.05) is 45.8 Å². The second-order valence-electron chi connectivity index (χ2n) is 8.51. The van der Waals surface area contributed by atoms with Crippen LogP contribution in [0.2, 0.25) is 5.02 Å². The normalized spacial score (nSPS) is 16.1. The number of furan rings is 1. The van der Waals surface area contributed by atoms with Gasteiger partial charge in [0.05, 0.1) is 11.6 Å². The lowest BCUT2D eigenvalue weighted by Gasteiger charge is -2.26. The summed E-state index contributed by atoms with van der Waals surface area (Å²) in [5.41, 5.74) is 2.69. The number of hydrogen-bond acceptors (Lipinski definition) is 4. The lowest BCUT2D eigenvalue weighted by Crippen LogP contribution is -2.31. The monoisotopic (exact) mass is 482 g/mol. The largest absolute Gasteiger partial charge is 0.503 e. The summed E-state index contributed by atoms with van der Waals surface area (Å²) < 4.78 is 7.75. The van der Waals surface area contributed by atoms with Gasteiger partial charge in [-0.3, -0.25) is 14.5 Å². The summed E-state index contributed by atoms with van der Waals surface area (Å²) in [5, 5.41) is 13.2. The number of halogens is 1. The van der Waals surface area contributed by atoms with E-state index >= 15 is 0 Å². The maximum absolute atomic E-state index is 13.8. The van der Waals surface area contributed by atoms with Crippen molar-refractivity contribution >= 4 is 50.9 Å². The number of Topliss-reactive ketones (excluding diaryl/α,β-unsaturated/α-hetero) is 1. The molecular weight excluding hydrogens is 464 g/mol. The third kappa shape index (κ3) is 3.26. The Morgan fingerprint density at radius 1 is 1.00 bits per heavy atom. The van der Waals surface area contributed by atoms with Crippen molar-refractivity contribution in [2.45, 2.75) is 6.04 Å². The van der Waals surface area contributed by atoms with E-state index < -0.39 is 23.5 Å². The Labute approximate surface area is 205 Å². The first kappa shape index (κ1) is 21.3. The van der Waals surface area contributed by atoms with Crippen molar-refractivity contribution in [3.63, 3.8) is 0 Å². The number of carbonyl (C=O) groups excluding carboxylic acids is 2. The SMILES string of the molecule is Cn1cc(C2C(C(=O)c3cc4ccccc4o3)=C(O)C(=O)N2c2ccc(Cl)cc2)c2ccccc21. The second-order valence-corrected chi connectivity index (χ2v) is 8.94. The minimum atomic E-state index is -0.865. The zero-order valence-electron chi connectivity index (χ0n) is 18.6. The number of amides is 1. The van der Waals surface area contributed by atoms with E-state index in [2.05, 4.69) is 0 Å². The number of carbonyl (C=O) groups is 2. The maximum Gasteiger partial charge on any atom is 0.294 e. The number of aryl methyl sites for hydroxylation is 1. The van der Waals surface area contributed by atoms with Crippen LogP contribution in [0.4, 0.5) is 5.69 Å². The Morgan fingerprint density at radius 2 is 1.71 bits per heavy atom. The number of rotatable bonds is 4. The predicted molar refractivity (Wildman–Crippen MR) is 135 cm³/mol. The Hall–Kier alpha value is -4.29. The molecule has 0 spiro atoms. The predicted octanol–water partition coefficient (Wildman–Crippen LogP) is 6.36. The van der Waals surface area contributed by atoms with Gasteiger partial charge in [-0.1, -0.05) is 48.0 Å². The number of benzene rings is 3. The molecule has 0 radical (unpaired) electrons. The molecule has 0 bridgehead atoms. The van der Waals surface area contributed by atoms with Crippen molar-refractivity contribution in [2.24, 2.45) is 7.05 Å². The van der Waals surface area contributed by atoms with Crippen molar-refractivity contribution < 1.29 is 19.1 Å². The second kappa shape index (κ2) is 7.89. The molecule has 3 aromatic carbocycles. The van der Waals surface area contributed by atoms with Crippen LogP contribution in [-0.2, 0) is 11.8 Å². The fourth-order valence-corrected chi connectivity index (χ4v) is 4.94. The van der Waals surface area contributed by atoms with E-state index in [-0.39, 0.29) is 11.3 Å². The van der Waals surface area contributed by atoms with Crippen LogP contribution in [0, 0.1) is 0 Å². The Balaban J connectivity index is 1.57. The zero-order chi connectivity index (χ0) is 24.3. The Kier molecular flexibility index (Phi) is 4.79. The molecule has 7 heteroatoms. The third-order valence-corrected chi connectivity index (χ3v) is 6.68. The van der Waals surface area contributed by atoms with Crippen LogP contribution in [0.1, 0.15) is 22.2 Å². The lowest BCUT2D eigenvalue weighted by molar-refractivity contribution is -0.117. The molecular formula is C28H19ClN2O4. The van der Waals surface area contributed by atoms with Crippen LogP contribution in [0.25, 0.3) is 21.9 Å². The maximum atomic E-state index is 13.8. The summed E-state index contributed by atoms with van der Waals surface area (Å²) in [5.74, 6) is -1.74. The summed E-state index contributed by atoms with van der Waals surface area (Å²) in [4.78, 5) is 28.7. The highest BCUT2D eigenvalue weighted by molar-refractivity contribution is 6.30. The number of aliphatic hydroxyl groups excluding tert-OH is 1. The van der Waals surface area contributed by atoms with Crippen LogP contribution in [0.3, 0.4) is 0 Å². The fourth-order valence-electron chi connectivity index (χ4n) is 4.82. The molecule has 6 nitrogen and oxygen atoms in total. The molecule has 1 amide bonds. The van der Waals surface area contributed by atoms with E-state index in [0.29, 0.717) is 16.3 Å². The van der Waals surface area contributed by atoms with Gasteiger partial charge < -0.3 is 14.1 Å². The van der Waals surface area contributed by atoms with Crippen LogP contribution >= 0.6 is 11.6 Å². The highest BCUT2D eigenvalue weighted by Gasteiger charge is 2.46. The summed E-state index contributed by atoms with van der Waals surface area (Å²) in [6.07, 6.45) is 1.88. The first-order valence-corrected chi connectivity index (χ1v) is 11.4. The molecule has 0 saturated heterocycles. The van der Waals surface area contributed by atoms with E-state index in [1.165, 1.54) is 4.90 Å². The van der Waals surface area contributed by atoms with Crippen LogP contribution in [0.5, 0.6) is 0 Å². The van der Waals surface area contributed by atoms with Crippen LogP contribution in [-0.4, -0.2) is 21.4 Å². The van der Waals surface area contributed by atoms with E-state index in [9.17, 15) is 14.7 Å².